The van der Waals surface area contributed by atoms with Crippen molar-refractivity contribution in [1.82, 2.24) is 4.98 Å². The van der Waals surface area contributed by atoms with E-state index in [9.17, 15) is 10.1 Å². The predicted molar refractivity (Wildman–Crippen MR) is 62.7 cm³/mol. The standard InChI is InChI=1S/C12H8N2O3/c15-14(16)9-3-4-10-8(6-9)7-11(13-10)12-2-1-5-17-12/h1-7,13H. The number of non-ortho nitro benzene ring substituents is 1. The Balaban J connectivity index is 2.16. The van der Waals surface area contributed by atoms with E-state index >= 15 is 0 Å². The van der Waals surface area contributed by atoms with Gasteiger partial charge in [-0.3, -0.25) is 10.1 Å². The highest BCUT2D eigenvalue weighted by atomic mass is 16.6. The van der Waals surface area contributed by atoms with Crippen LogP contribution >= 0.6 is 0 Å². The van der Waals surface area contributed by atoms with Crippen LogP contribution in [0.5, 0.6) is 0 Å². The molecular formula is C12H8N2O3. The van der Waals surface area contributed by atoms with Gasteiger partial charge in [0.15, 0.2) is 0 Å². The largest absolute Gasteiger partial charge is 0.463 e. The van der Waals surface area contributed by atoms with E-state index in [4.69, 9.17) is 4.42 Å². The van der Waals surface area contributed by atoms with Crippen molar-refractivity contribution in [3.05, 3.63) is 52.8 Å². The molecule has 5 heteroatoms. The fourth-order valence-corrected chi connectivity index (χ4v) is 1.80. The first-order chi connectivity index (χ1) is 8.24. The molecule has 2 heterocycles. The Kier molecular flexibility index (Phi) is 1.98. The molecule has 0 radical (unpaired) electrons. The maximum Gasteiger partial charge on any atom is 0.270 e. The highest BCUT2D eigenvalue weighted by Crippen LogP contribution is 2.26. The van der Waals surface area contributed by atoms with Crippen molar-refractivity contribution >= 4 is 16.6 Å². The Bertz CT molecular complexity index is 683. The number of H-pyrrole nitrogens is 1. The fourth-order valence-electron chi connectivity index (χ4n) is 1.80. The van der Waals surface area contributed by atoms with E-state index in [1.165, 1.54) is 12.1 Å². The monoisotopic (exact) mass is 228 g/mol. The number of rotatable bonds is 2. The third kappa shape index (κ3) is 1.57. The molecule has 17 heavy (non-hydrogen) atoms. The molecule has 5 nitrogen and oxygen atoms in total. The van der Waals surface area contributed by atoms with Crippen LogP contribution in [0.2, 0.25) is 0 Å². The summed E-state index contributed by atoms with van der Waals surface area (Å²) in [5.41, 5.74) is 1.75. The van der Waals surface area contributed by atoms with Gasteiger partial charge in [0, 0.05) is 23.0 Å². The molecule has 0 bridgehead atoms. The van der Waals surface area contributed by atoms with Crippen molar-refractivity contribution in [2.45, 2.75) is 0 Å². The first-order valence-corrected chi connectivity index (χ1v) is 5.05. The van der Waals surface area contributed by atoms with Crippen LogP contribution in [0.15, 0.2) is 47.1 Å². The van der Waals surface area contributed by atoms with Crippen LogP contribution in [-0.4, -0.2) is 9.91 Å². The minimum atomic E-state index is -0.404. The molecular weight excluding hydrogens is 220 g/mol. The number of aromatic amines is 1. The van der Waals surface area contributed by atoms with Gasteiger partial charge in [0.25, 0.3) is 5.69 Å². The lowest BCUT2D eigenvalue weighted by Gasteiger charge is -1.90. The zero-order valence-electron chi connectivity index (χ0n) is 8.71. The second kappa shape index (κ2) is 3.48. The Morgan fingerprint density at radius 3 is 2.82 bits per heavy atom. The number of nitrogens with zero attached hydrogens (tertiary/aromatic N) is 1. The molecule has 0 saturated heterocycles. The lowest BCUT2D eigenvalue weighted by atomic mass is 10.2. The number of furan rings is 1. The highest BCUT2D eigenvalue weighted by molar-refractivity contribution is 5.86. The first-order valence-electron chi connectivity index (χ1n) is 5.05. The minimum absolute atomic E-state index is 0.0856. The Morgan fingerprint density at radius 2 is 2.12 bits per heavy atom. The summed E-state index contributed by atoms with van der Waals surface area (Å²) in [4.78, 5) is 13.4. The molecule has 0 fully saturated rings. The van der Waals surface area contributed by atoms with Gasteiger partial charge in [-0.15, -0.1) is 0 Å². The second-order valence-electron chi connectivity index (χ2n) is 3.69. The molecule has 0 aliphatic carbocycles. The summed E-state index contributed by atoms with van der Waals surface area (Å²) in [5.74, 6) is 0.712. The van der Waals surface area contributed by atoms with Gasteiger partial charge in [0.2, 0.25) is 0 Å². The summed E-state index contributed by atoms with van der Waals surface area (Å²) in [5, 5.41) is 11.5. The van der Waals surface area contributed by atoms with Crippen molar-refractivity contribution in [1.29, 1.82) is 0 Å². The van der Waals surface area contributed by atoms with Crippen LogP contribution in [-0.2, 0) is 0 Å². The first kappa shape index (κ1) is 9.65. The molecule has 3 aromatic rings. The van der Waals surface area contributed by atoms with Gasteiger partial charge in [0.05, 0.1) is 16.9 Å². The van der Waals surface area contributed by atoms with Crippen LogP contribution in [0, 0.1) is 10.1 Å². The molecule has 2 aromatic heterocycles. The Hall–Kier alpha value is -2.56. The molecule has 0 aliphatic heterocycles. The molecule has 0 aliphatic rings. The fraction of sp³-hybridized carbons (Fsp3) is 0. The molecule has 1 N–H and O–H groups in total. The van der Waals surface area contributed by atoms with Crippen molar-refractivity contribution in [2.75, 3.05) is 0 Å². The summed E-state index contributed by atoms with van der Waals surface area (Å²) in [7, 11) is 0. The van der Waals surface area contributed by atoms with Crippen molar-refractivity contribution < 1.29 is 9.34 Å². The van der Waals surface area contributed by atoms with Gasteiger partial charge < -0.3 is 9.40 Å². The maximum absolute atomic E-state index is 10.7. The predicted octanol–water partition coefficient (Wildman–Crippen LogP) is 3.34. The van der Waals surface area contributed by atoms with E-state index in [2.05, 4.69) is 4.98 Å². The van der Waals surface area contributed by atoms with Crippen molar-refractivity contribution in [3.8, 4) is 11.5 Å². The zero-order chi connectivity index (χ0) is 11.8. The van der Waals surface area contributed by atoms with Crippen LogP contribution in [0.3, 0.4) is 0 Å². The maximum atomic E-state index is 10.7. The number of fused-ring (bicyclic) bond motifs is 1. The van der Waals surface area contributed by atoms with Crippen LogP contribution in [0.25, 0.3) is 22.4 Å². The van der Waals surface area contributed by atoms with Crippen molar-refractivity contribution in [3.63, 3.8) is 0 Å². The van der Waals surface area contributed by atoms with E-state index in [-0.39, 0.29) is 5.69 Å². The topological polar surface area (TPSA) is 72.1 Å². The minimum Gasteiger partial charge on any atom is -0.463 e. The summed E-state index contributed by atoms with van der Waals surface area (Å²) >= 11 is 0. The highest BCUT2D eigenvalue weighted by Gasteiger charge is 2.10. The number of hydrogen-bond donors (Lipinski definition) is 1. The Morgan fingerprint density at radius 1 is 1.24 bits per heavy atom. The van der Waals surface area contributed by atoms with Crippen molar-refractivity contribution in [2.24, 2.45) is 0 Å². The van der Waals surface area contributed by atoms with E-state index < -0.39 is 4.92 Å². The van der Waals surface area contributed by atoms with Gasteiger partial charge in [-0.25, -0.2) is 0 Å². The molecule has 0 atom stereocenters. The van der Waals surface area contributed by atoms with E-state index in [1.807, 2.05) is 12.1 Å². The van der Waals surface area contributed by atoms with E-state index in [0.29, 0.717) is 5.76 Å². The number of hydrogen-bond acceptors (Lipinski definition) is 3. The summed E-state index contributed by atoms with van der Waals surface area (Å²) < 4.78 is 5.26. The number of nitro benzene ring substituents is 1. The Labute approximate surface area is 95.8 Å². The molecule has 0 unspecified atom stereocenters. The summed E-state index contributed by atoms with van der Waals surface area (Å²) in [6, 6.07) is 10.2. The molecule has 3 rings (SSSR count). The van der Waals surface area contributed by atoms with Crippen LogP contribution in [0.4, 0.5) is 5.69 Å². The van der Waals surface area contributed by atoms with Gasteiger partial charge in [-0.05, 0) is 24.3 Å². The zero-order valence-corrected chi connectivity index (χ0v) is 8.71. The van der Waals surface area contributed by atoms with E-state index in [1.54, 1.807) is 18.4 Å². The smallest absolute Gasteiger partial charge is 0.270 e. The number of nitro groups is 1. The van der Waals surface area contributed by atoms with Gasteiger partial charge in [-0.2, -0.15) is 0 Å². The summed E-state index contributed by atoms with van der Waals surface area (Å²) in [6.45, 7) is 0. The van der Waals surface area contributed by atoms with E-state index in [0.717, 1.165) is 16.6 Å². The van der Waals surface area contributed by atoms with Crippen LogP contribution < -0.4 is 0 Å². The second-order valence-corrected chi connectivity index (χ2v) is 3.69. The van der Waals surface area contributed by atoms with Crippen LogP contribution in [0.1, 0.15) is 0 Å². The molecule has 84 valence electrons. The van der Waals surface area contributed by atoms with Gasteiger partial charge in [-0.1, -0.05) is 0 Å². The summed E-state index contributed by atoms with van der Waals surface area (Å²) in [6.07, 6.45) is 1.59. The lowest BCUT2D eigenvalue weighted by molar-refractivity contribution is -0.384. The molecule has 1 aromatic carbocycles. The third-order valence-electron chi connectivity index (χ3n) is 2.60. The molecule has 0 saturated carbocycles. The quantitative estimate of drug-likeness (QED) is 0.540. The third-order valence-corrected chi connectivity index (χ3v) is 2.60. The lowest BCUT2D eigenvalue weighted by Crippen LogP contribution is -1.86. The SMILES string of the molecule is O=[N+]([O-])c1ccc2[nH]c(-c3ccco3)cc2c1. The van der Waals surface area contributed by atoms with Gasteiger partial charge >= 0.3 is 0 Å². The normalized spacial score (nSPS) is 10.8. The average molecular weight is 228 g/mol. The number of nitrogens with one attached hydrogen (secondary N) is 1. The molecule has 0 spiro atoms. The van der Waals surface area contributed by atoms with Gasteiger partial charge in [0.1, 0.15) is 5.76 Å². The number of aromatic nitrogens is 1. The average Bonchev–Trinajstić information content (AvgIpc) is 2.96. The molecule has 0 amide bonds. The number of benzene rings is 1.